The molecule has 0 saturated heterocycles. The van der Waals surface area contributed by atoms with Gasteiger partial charge in [0.15, 0.2) is 34.9 Å². The van der Waals surface area contributed by atoms with Gasteiger partial charge in [0, 0.05) is 0 Å². The fourth-order valence-corrected chi connectivity index (χ4v) is 5.25. The van der Waals surface area contributed by atoms with Crippen LogP contribution in [0.2, 0.25) is 0 Å². The summed E-state index contributed by atoms with van der Waals surface area (Å²) in [4.78, 5) is 24.6. The van der Waals surface area contributed by atoms with Crippen molar-refractivity contribution >= 4 is 66.2 Å². The average molecular weight is 642 g/mol. The number of aromatic nitrogens is 6. The normalized spacial score (nSPS) is 11.0. The quantitative estimate of drug-likeness (QED) is 0.121. The minimum atomic E-state index is -1.76. The topological polar surface area (TPSA) is 220 Å². The molecule has 12 nitrogen and oxygen atoms in total. The van der Waals surface area contributed by atoms with Gasteiger partial charge < -0.3 is 0 Å². The van der Waals surface area contributed by atoms with Gasteiger partial charge in [-0.05, 0) is 0 Å². The third-order valence-corrected chi connectivity index (χ3v) is 7.35. The van der Waals surface area contributed by atoms with E-state index in [1.807, 2.05) is 0 Å². The highest BCUT2D eigenvalue weighted by Crippen LogP contribution is 2.38. The SMILES string of the molecule is N#Cc1c(F)c(F)c2nc3c4nc5c(C#N)c(C#N)c(F)c(F)c5nc4c4nc5c(C#N)c(C#N)c(F)c(F)c5nc4c3nc2c1C#N. The molecule has 7 aromatic rings. The van der Waals surface area contributed by atoms with Gasteiger partial charge in [0.25, 0.3) is 0 Å². The van der Waals surface area contributed by atoms with Gasteiger partial charge in [-0.2, -0.15) is 31.6 Å². The van der Waals surface area contributed by atoms with E-state index in [0.29, 0.717) is 0 Å². The van der Waals surface area contributed by atoms with Crippen molar-refractivity contribution in [2.75, 3.05) is 0 Å². The Hall–Kier alpha value is -7.80. The van der Waals surface area contributed by atoms with Crippen LogP contribution in [0.4, 0.5) is 26.3 Å². The van der Waals surface area contributed by atoms with Gasteiger partial charge in [-0.3, -0.25) is 0 Å². The number of halogens is 6. The fourth-order valence-electron chi connectivity index (χ4n) is 5.25. The van der Waals surface area contributed by atoms with Crippen molar-refractivity contribution in [3.8, 4) is 36.4 Å². The Morgan fingerprint density at radius 2 is 0.438 bits per heavy atom. The monoisotopic (exact) mass is 642 g/mol. The summed E-state index contributed by atoms with van der Waals surface area (Å²) in [7, 11) is 0. The van der Waals surface area contributed by atoms with Crippen LogP contribution in [-0.4, -0.2) is 29.9 Å². The van der Waals surface area contributed by atoms with Crippen LogP contribution in [0.15, 0.2) is 0 Å². The molecule has 0 fully saturated rings. The summed E-state index contributed by atoms with van der Waals surface area (Å²) in [5.74, 6) is -10.5. The maximum Gasteiger partial charge on any atom is 0.188 e. The maximum atomic E-state index is 15.3. The molecule has 0 atom stereocenters. The van der Waals surface area contributed by atoms with Crippen molar-refractivity contribution in [3.63, 3.8) is 0 Å². The number of benzene rings is 4. The molecule has 0 unspecified atom stereocenters. The molecule has 0 spiro atoms. The van der Waals surface area contributed by atoms with E-state index in [1.165, 1.54) is 36.4 Å². The van der Waals surface area contributed by atoms with Crippen LogP contribution in [-0.2, 0) is 0 Å². The van der Waals surface area contributed by atoms with Gasteiger partial charge in [0.1, 0.15) is 136 Å². The lowest BCUT2D eigenvalue weighted by atomic mass is 10.0. The van der Waals surface area contributed by atoms with Gasteiger partial charge in [-0.1, -0.05) is 0 Å². The van der Waals surface area contributed by atoms with Gasteiger partial charge in [-0.25, -0.2) is 56.2 Å². The molecule has 7 rings (SSSR count). The first-order valence-corrected chi connectivity index (χ1v) is 12.7. The Kier molecular flexibility index (Phi) is 5.94. The predicted octanol–water partition coefficient (Wildman–Crippen LogP) is 5.04. The molecule has 0 aliphatic heterocycles. The molecule has 0 aliphatic carbocycles. The number of fused-ring (bicyclic) bond motifs is 9. The highest BCUT2D eigenvalue weighted by Gasteiger charge is 2.30. The lowest BCUT2D eigenvalue weighted by Crippen LogP contribution is -2.07. The summed E-state index contributed by atoms with van der Waals surface area (Å²) in [5, 5.41) is 57.4. The molecule has 0 saturated carbocycles. The summed E-state index contributed by atoms with van der Waals surface area (Å²) >= 11 is 0. The summed E-state index contributed by atoms with van der Waals surface area (Å²) in [6.45, 7) is 0. The molecule has 4 aromatic carbocycles. The highest BCUT2D eigenvalue weighted by molar-refractivity contribution is 6.21. The first-order valence-electron chi connectivity index (χ1n) is 12.7. The minimum absolute atomic E-state index is 0.538. The molecular formula is C30F6N12. The number of hydrogen-bond donors (Lipinski definition) is 0. The van der Waals surface area contributed by atoms with E-state index in [4.69, 9.17) is 0 Å². The number of rotatable bonds is 0. The van der Waals surface area contributed by atoms with Gasteiger partial charge in [0.05, 0.1) is 0 Å². The summed E-state index contributed by atoms with van der Waals surface area (Å²) in [6, 6.07) is 8.64. The summed E-state index contributed by atoms with van der Waals surface area (Å²) in [5.41, 5.74) is -13.7. The average Bonchev–Trinajstić information content (AvgIpc) is 3.10. The third kappa shape index (κ3) is 3.43. The van der Waals surface area contributed by atoms with E-state index in [-0.39, 0.29) is 0 Å². The largest absolute Gasteiger partial charge is 0.240 e. The molecule has 48 heavy (non-hydrogen) atoms. The van der Waals surface area contributed by atoms with Gasteiger partial charge in [0.2, 0.25) is 0 Å². The molecule has 0 amide bonds. The van der Waals surface area contributed by atoms with E-state index in [1.54, 1.807) is 0 Å². The van der Waals surface area contributed by atoms with Crippen molar-refractivity contribution in [2.24, 2.45) is 0 Å². The van der Waals surface area contributed by atoms with E-state index in [0.717, 1.165) is 0 Å². The van der Waals surface area contributed by atoms with Crippen molar-refractivity contribution in [2.45, 2.75) is 0 Å². The second-order valence-corrected chi connectivity index (χ2v) is 9.66. The van der Waals surface area contributed by atoms with Crippen LogP contribution in [0.3, 0.4) is 0 Å². The standard InChI is InChI=1S/C30F6N12/c31-13-7(1-37)10(4-40)19-22(16(13)34)46-28-25(43-19)29-27(45-20-11(5-41)8(2-38)14(32)17(35)23(20)47-29)30-26(28)44-21-12(6-42)9(3-39)15(33)18(36)24(21)48-30. The Balaban J connectivity index is 1.87. The van der Waals surface area contributed by atoms with Crippen LogP contribution in [0.5, 0.6) is 0 Å². The molecule has 18 heteroatoms. The fraction of sp³-hybridized carbons (Fsp3) is 0. The molecule has 0 aliphatic rings. The third-order valence-electron chi connectivity index (χ3n) is 7.35. The van der Waals surface area contributed by atoms with Gasteiger partial charge in [-0.15, -0.1) is 0 Å². The van der Waals surface area contributed by atoms with E-state index >= 15 is 13.2 Å². The van der Waals surface area contributed by atoms with Crippen molar-refractivity contribution in [1.82, 2.24) is 29.9 Å². The maximum absolute atomic E-state index is 15.3. The number of nitrogens with zero attached hydrogens (tertiary/aromatic N) is 12. The molecule has 3 heterocycles. The van der Waals surface area contributed by atoms with E-state index in [2.05, 4.69) is 29.9 Å². The van der Waals surface area contributed by atoms with E-state index < -0.39 is 134 Å². The van der Waals surface area contributed by atoms with Crippen LogP contribution >= 0.6 is 0 Å². The molecule has 222 valence electrons. The second kappa shape index (κ2) is 9.85. The Labute approximate surface area is 258 Å². The molecule has 0 radical (unpaired) electrons. The van der Waals surface area contributed by atoms with Crippen LogP contribution in [0.25, 0.3) is 66.2 Å². The lowest BCUT2D eigenvalue weighted by Gasteiger charge is -2.13. The Morgan fingerprint density at radius 3 is 0.625 bits per heavy atom. The first-order chi connectivity index (χ1) is 23.1. The van der Waals surface area contributed by atoms with E-state index in [9.17, 15) is 44.7 Å². The van der Waals surface area contributed by atoms with Crippen molar-refractivity contribution in [1.29, 1.82) is 31.6 Å². The minimum Gasteiger partial charge on any atom is -0.240 e. The first kappa shape index (κ1) is 28.9. The van der Waals surface area contributed by atoms with Crippen LogP contribution in [0.1, 0.15) is 33.4 Å². The Morgan fingerprint density at radius 1 is 0.250 bits per heavy atom. The summed E-state index contributed by atoms with van der Waals surface area (Å²) in [6.07, 6.45) is 0. The zero-order valence-corrected chi connectivity index (χ0v) is 22.6. The second-order valence-electron chi connectivity index (χ2n) is 9.66. The highest BCUT2D eigenvalue weighted by atomic mass is 19.2. The molecule has 0 bridgehead atoms. The van der Waals surface area contributed by atoms with Crippen molar-refractivity contribution < 1.29 is 26.3 Å². The lowest BCUT2D eigenvalue weighted by molar-refractivity contribution is 0.512. The van der Waals surface area contributed by atoms with Crippen LogP contribution in [0, 0.1) is 103 Å². The van der Waals surface area contributed by atoms with Crippen molar-refractivity contribution in [3.05, 3.63) is 68.3 Å². The number of nitriles is 6. The Bertz CT molecular complexity index is 2690. The number of hydrogen-bond acceptors (Lipinski definition) is 12. The summed E-state index contributed by atoms with van der Waals surface area (Å²) < 4.78 is 90.6. The molecular weight excluding hydrogens is 642 g/mol. The zero-order chi connectivity index (χ0) is 34.3. The molecule has 3 aromatic heterocycles. The van der Waals surface area contributed by atoms with Crippen LogP contribution < -0.4 is 0 Å². The molecule has 0 N–H and O–H groups in total. The smallest absolute Gasteiger partial charge is 0.188 e. The van der Waals surface area contributed by atoms with Gasteiger partial charge >= 0.3 is 0 Å². The zero-order valence-electron chi connectivity index (χ0n) is 22.6. The predicted molar refractivity (Wildman–Crippen MR) is 146 cm³/mol.